The van der Waals surface area contributed by atoms with Crippen LogP contribution in [0.2, 0.25) is 0 Å². The van der Waals surface area contributed by atoms with Crippen molar-refractivity contribution < 1.29 is 23.5 Å². The number of hydrogen-bond acceptors (Lipinski definition) is 4. The van der Waals surface area contributed by atoms with E-state index in [0.717, 1.165) is 22.3 Å². The highest BCUT2D eigenvalue weighted by atomic mass is 32.1. The second-order valence-corrected chi connectivity index (χ2v) is 7.07. The van der Waals surface area contributed by atoms with Crippen molar-refractivity contribution in [3.8, 4) is 0 Å². The predicted octanol–water partition coefficient (Wildman–Crippen LogP) is 5.75. The minimum absolute atomic E-state index is 0.0159. The van der Waals surface area contributed by atoms with E-state index in [0.29, 0.717) is 11.1 Å². The highest BCUT2D eigenvalue weighted by Gasteiger charge is 2.21. The van der Waals surface area contributed by atoms with Crippen LogP contribution < -0.4 is 5.32 Å². The fourth-order valence-electron chi connectivity index (χ4n) is 2.82. The van der Waals surface area contributed by atoms with Crippen molar-refractivity contribution in [1.82, 2.24) is 0 Å². The number of para-hydroxylation sites is 1. The number of halogens is 1. The van der Waals surface area contributed by atoms with Crippen LogP contribution in [0.3, 0.4) is 0 Å². The normalized spacial score (nSPS) is 11.2. The van der Waals surface area contributed by atoms with Gasteiger partial charge in [-0.05, 0) is 29.8 Å². The molecule has 144 valence electrons. The van der Waals surface area contributed by atoms with Crippen LogP contribution in [0.5, 0.6) is 0 Å². The van der Waals surface area contributed by atoms with Gasteiger partial charge in [-0.1, -0.05) is 42.5 Å². The molecule has 7 heteroatoms. The minimum Gasteiger partial charge on any atom is -0.478 e. The average molecular weight is 407 g/mol. The molecule has 2 aromatic heterocycles. The maximum absolute atomic E-state index is 13.0. The monoisotopic (exact) mass is 407 g/mol. The summed E-state index contributed by atoms with van der Waals surface area (Å²) in [6, 6.07) is 14.6. The lowest BCUT2D eigenvalue weighted by atomic mass is 10.1. The Bertz CT molecular complexity index is 1200. The Balaban J connectivity index is 1.59. The van der Waals surface area contributed by atoms with E-state index in [1.54, 1.807) is 47.9 Å². The van der Waals surface area contributed by atoms with Gasteiger partial charge in [-0.15, -0.1) is 11.3 Å². The molecule has 29 heavy (non-hydrogen) atoms. The number of hydrogen-bond donors (Lipinski definition) is 2. The van der Waals surface area contributed by atoms with Crippen molar-refractivity contribution in [2.24, 2.45) is 0 Å². The van der Waals surface area contributed by atoms with E-state index in [1.165, 1.54) is 12.1 Å². The molecule has 0 aliphatic heterocycles. The molecule has 0 saturated carbocycles. The molecule has 0 saturated heterocycles. The third-order valence-corrected chi connectivity index (χ3v) is 5.15. The third-order valence-electron chi connectivity index (χ3n) is 4.24. The second kappa shape index (κ2) is 7.73. The Morgan fingerprint density at radius 3 is 2.55 bits per heavy atom. The molecule has 2 aromatic carbocycles. The Morgan fingerprint density at radius 1 is 1.07 bits per heavy atom. The van der Waals surface area contributed by atoms with Crippen LogP contribution in [-0.2, 0) is 0 Å². The molecular formula is C22H14FNO4S. The number of aromatic carboxylic acids is 1. The summed E-state index contributed by atoms with van der Waals surface area (Å²) in [4.78, 5) is 24.3. The van der Waals surface area contributed by atoms with Gasteiger partial charge in [0.25, 0.3) is 5.91 Å². The average Bonchev–Trinajstić information content (AvgIpc) is 3.31. The SMILES string of the molecule is O=C(Nc1scc(C=Cc2ccc(F)cc2)c1C(=O)O)c1cc2ccccc2o1. The first-order valence-corrected chi connectivity index (χ1v) is 9.47. The first-order valence-electron chi connectivity index (χ1n) is 8.59. The Kier molecular flexibility index (Phi) is 4.97. The molecule has 2 heterocycles. The van der Waals surface area contributed by atoms with Crippen LogP contribution in [0, 0.1) is 5.82 Å². The van der Waals surface area contributed by atoms with Crippen molar-refractivity contribution in [1.29, 1.82) is 0 Å². The smallest absolute Gasteiger partial charge is 0.339 e. The number of anilines is 1. The van der Waals surface area contributed by atoms with E-state index < -0.39 is 11.9 Å². The van der Waals surface area contributed by atoms with Crippen LogP contribution in [0.15, 0.2) is 64.4 Å². The molecule has 0 spiro atoms. The van der Waals surface area contributed by atoms with Gasteiger partial charge in [0, 0.05) is 16.3 Å². The standard InChI is InChI=1S/C22H14FNO4S/c23-16-9-6-13(7-10-16)5-8-15-12-29-21(19(15)22(26)27)24-20(25)18-11-14-3-1-2-4-17(14)28-18/h1-12H,(H,24,25)(H,26,27). The van der Waals surface area contributed by atoms with Crippen molar-refractivity contribution in [2.45, 2.75) is 0 Å². The zero-order valence-electron chi connectivity index (χ0n) is 14.9. The van der Waals surface area contributed by atoms with E-state index >= 15 is 0 Å². The molecule has 0 atom stereocenters. The van der Waals surface area contributed by atoms with Gasteiger partial charge in [-0.3, -0.25) is 4.79 Å². The Hall–Kier alpha value is -3.71. The van der Waals surface area contributed by atoms with Crippen molar-refractivity contribution in [3.05, 3.63) is 88.2 Å². The molecule has 2 N–H and O–H groups in total. The molecule has 0 bridgehead atoms. The topological polar surface area (TPSA) is 79.5 Å². The number of amides is 1. The summed E-state index contributed by atoms with van der Waals surface area (Å²) in [6.45, 7) is 0. The van der Waals surface area contributed by atoms with E-state index in [4.69, 9.17) is 4.42 Å². The quantitative estimate of drug-likeness (QED) is 0.441. The molecule has 0 fully saturated rings. The highest BCUT2D eigenvalue weighted by Crippen LogP contribution is 2.31. The van der Waals surface area contributed by atoms with Crippen LogP contribution in [0.25, 0.3) is 23.1 Å². The molecule has 0 aliphatic carbocycles. The highest BCUT2D eigenvalue weighted by molar-refractivity contribution is 7.15. The Morgan fingerprint density at radius 2 is 1.83 bits per heavy atom. The molecular weight excluding hydrogens is 393 g/mol. The number of carboxylic acids is 1. The molecule has 5 nitrogen and oxygen atoms in total. The molecule has 4 rings (SSSR count). The lowest BCUT2D eigenvalue weighted by Gasteiger charge is -2.02. The summed E-state index contributed by atoms with van der Waals surface area (Å²) in [5.41, 5.74) is 1.72. The summed E-state index contributed by atoms with van der Waals surface area (Å²) in [5.74, 6) is -1.94. The summed E-state index contributed by atoms with van der Waals surface area (Å²) in [6.07, 6.45) is 3.29. The van der Waals surface area contributed by atoms with Gasteiger partial charge in [-0.2, -0.15) is 0 Å². The maximum Gasteiger partial charge on any atom is 0.339 e. The van der Waals surface area contributed by atoms with E-state index in [2.05, 4.69) is 5.32 Å². The van der Waals surface area contributed by atoms with E-state index in [9.17, 15) is 19.1 Å². The fourth-order valence-corrected chi connectivity index (χ4v) is 3.74. The van der Waals surface area contributed by atoms with Crippen LogP contribution in [0.1, 0.15) is 32.0 Å². The van der Waals surface area contributed by atoms with Crippen LogP contribution >= 0.6 is 11.3 Å². The zero-order valence-corrected chi connectivity index (χ0v) is 15.7. The molecule has 0 radical (unpaired) electrons. The number of nitrogens with one attached hydrogen (secondary N) is 1. The number of furan rings is 1. The van der Waals surface area contributed by atoms with Gasteiger partial charge < -0.3 is 14.8 Å². The van der Waals surface area contributed by atoms with Crippen molar-refractivity contribution in [2.75, 3.05) is 5.32 Å². The summed E-state index contributed by atoms with van der Waals surface area (Å²) < 4.78 is 18.5. The number of carbonyl (C=O) groups is 2. The van der Waals surface area contributed by atoms with Crippen LogP contribution in [0.4, 0.5) is 9.39 Å². The van der Waals surface area contributed by atoms with Gasteiger partial charge in [0.2, 0.25) is 0 Å². The molecule has 1 amide bonds. The van der Waals surface area contributed by atoms with Gasteiger partial charge in [0.05, 0.1) is 0 Å². The second-order valence-electron chi connectivity index (χ2n) is 6.19. The lowest BCUT2D eigenvalue weighted by Crippen LogP contribution is -2.12. The van der Waals surface area contributed by atoms with Crippen molar-refractivity contribution in [3.63, 3.8) is 0 Å². The van der Waals surface area contributed by atoms with E-state index in [-0.39, 0.29) is 22.1 Å². The molecule has 0 unspecified atom stereocenters. The first kappa shape index (κ1) is 18.6. The molecule has 0 aliphatic rings. The summed E-state index contributed by atoms with van der Waals surface area (Å²) in [7, 11) is 0. The number of fused-ring (bicyclic) bond motifs is 1. The van der Waals surface area contributed by atoms with Gasteiger partial charge in [-0.25, -0.2) is 9.18 Å². The number of carbonyl (C=O) groups excluding carboxylic acids is 1. The van der Waals surface area contributed by atoms with Crippen molar-refractivity contribution >= 4 is 51.3 Å². The number of benzene rings is 2. The van der Waals surface area contributed by atoms with E-state index in [1.807, 2.05) is 12.1 Å². The summed E-state index contributed by atoms with van der Waals surface area (Å²) >= 11 is 1.11. The largest absolute Gasteiger partial charge is 0.478 e. The number of rotatable bonds is 5. The van der Waals surface area contributed by atoms with Gasteiger partial charge in [0.15, 0.2) is 5.76 Å². The fraction of sp³-hybridized carbons (Fsp3) is 0. The zero-order chi connectivity index (χ0) is 20.4. The number of thiophene rings is 1. The predicted molar refractivity (Wildman–Crippen MR) is 111 cm³/mol. The van der Waals surface area contributed by atoms with Gasteiger partial charge in [0.1, 0.15) is 22.0 Å². The third kappa shape index (κ3) is 3.95. The van der Waals surface area contributed by atoms with Crippen LogP contribution in [-0.4, -0.2) is 17.0 Å². The Labute approximate surface area is 168 Å². The lowest BCUT2D eigenvalue weighted by molar-refractivity contribution is 0.0698. The maximum atomic E-state index is 13.0. The molecule has 4 aromatic rings. The summed E-state index contributed by atoms with van der Waals surface area (Å²) in [5, 5.41) is 14.9. The number of carboxylic acid groups (broad SMARTS) is 1. The van der Waals surface area contributed by atoms with Gasteiger partial charge >= 0.3 is 5.97 Å². The minimum atomic E-state index is -1.16. The first-order chi connectivity index (χ1) is 14.0.